The highest BCUT2D eigenvalue weighted by Gasteiger charge is 2.35. The summed E-state index contributed by atoms with van der Waals surface area (Å²) in [4.78, 5) is 11.6. The van der Waals surface area contributed by atoms with Crippen molar-refractivity contribution in [1.29, 1.82) is 0 Å². The van der Waals surface area contributed by atoms with E-state index < -0.39 is 17.8 Å². The number of carbonyl (C=O) groups is 1. The Morgan fingerprint density at radius 3 is 2.58 bits per heavy atom. The maximum Gasteiger partial charge on any atom is 0.416 e. The second kappa shape index (κ2) is 7.03. The third-order valence-electron chi connectivity index (χ3n) is 4.01. The van der Waals surface area contributed by atoms with Gasteiger partial charge in [0.05, 0.1) is 17.8 Å². The zero-order valence-corrected chi connectivity index (χ0v) is 13.8. The summed E-state index contributed by atoms with van der Waals surface area (Å²) in [5, 5.41) is 9.57. The summed E-state index contributed by atoms with van der Waals surface area (Å²) in [7, 11) is 0. The minimum atomic E-state index is -4.48. The number of benzene rings is 2. The van der Waals surface area contributed by atoms with Crippen LogP contribution in [-0.4, -0.2) is 16.0 Å². The molecule has 0 saturated heterocycles. The van der Waals surface area contributed by atoms with Gasteiger partial charge in [-0.1, -0.05) is 30.3 Å². The highest BCUT2D eigenvalue weighted by atomic mass is 19.4. The minimum absolute atomic E-state index is 0.0784. The minimum Gasteiger partial charge on any atom is -0.374 e. The van der Waals surface area contributed by atoms with Gasteiger partial charge in [0.2, 0.25) is 0 Å². The van der Waals surface area contributed by atoms with Gasteiger partial charge in [-0.05, 0) is 30.7 Å². The molecule has 0 radical (unpaired) electrons. The molecule has 3 rings (SSSR count). The molecule has 0 fully saturated rings. The van der Waals surface area contributed by atoms with E-state index in [9.17, 15) is 18.0 Å². The number of nitrogens with one attached hydrogen (secondary N) is 2. The maximum absolute atomic E-state index is 13.5. The largest absolute Gasteiger partial charge is 0.416 e. The first-order valence-electron chi connectivity index (χ1n) is 7.88. The van der Waals surface area contributed by atoms with Crippen molar-refractivity contribution in [1.82, 2.24) is 10.2 Å². The van der Waals surface area contributed by atoms with E-state index in [0.717, 1.165) is 6.07 Å². The number of rotatable bonds is 5. The van der Waals surface area contributed by atoms with Crippen LogP contribution >= 0.6 is 0 Å². The monoisotopic (exact) mass is 359 g/mol. The molecule has 7 heteroatoms. The van der Waals surface area contributed by atoms with Crippen LogP contribution in [0.4, 0.5) is 18.9 Å². The topological polar surface area (TPSA) is 57.8 Å². The van der Waals surface area contributed by atoms with Crippen molar-refractivity contribution in [3.63, 3.8) is 0 Å². The molecule has 0 aliphatic heterocycles. The molecule has 1 aromatic heterocycles. The van der Waals surface area contributed by atoms with E-state index in [1.54, 1.807) is 36.5 Å². The van der Waals surface area contributed by atoms with E-state index in [2.05, 4.69) is 15.5 Å². The highest BCUT2D eigenvalue weighted by molar-refractivity contribution is 5.94. The summed E-state index contributed by atoms with van der Waals surface area (Å²) in [6, 6.07) is 11.3. The van der Waals surface area contributed by atoms with Crippen LogP contribution in [0.3, 0.4) is 0 Å². The molecule has 0 bridgehead atoms. The predicted molar refractivity (Wildman–Crippen MR) is 91.9 cm³/mol. The second-order valence-electron chi connectivity index (χ2n) is 5.83. The fourth-order valence-electron chi connectivity index (χ4n) is 2.76. The van der Waals surface area contributed by atoms with Crippen LogP contribution < -0.4 is 5.32 Å². The molecule has 2 N–H and O–H groups in total. The lowest BCUT2D eigenvalue weighted by atomic mass is 9.95. The van der Waals surface area contributed by atoms with Gasteiger partial charge in [-0.15, -0.1) is 0 Å². The van der Waals surface area contributed by atoms with E-state index in [1.165, 1.54) is 25.3 Å². The molecule has 0 saturated carbocycles. The Bertz CT molecular complexity index is 904. The molecule has 0 spiro atoms. The molecule has 3 aromatic rings. The highest BCUT2D eigenvalue weighted by Crippen LogP contribution is 2.37. The number of Topliss-reactive ketones (excluding diaryl/α,β-unsaturated/α-hetero) is 1. The molecule has 0 amide bonds. The molecular weight excluding hydrogens is 343 g/mol. The SMILES string of the molecule is CC(=O)c1cccc(NC(c2cn[nH]c2)c2ccccc2C(F)(F)F)c1. The van der Waals surface area contributed by atoms with E-state index >= 15 is 0 Å². The van der Waals surface area contributed by atoms with Gasteiger partial charge < -0.3 is 5.32 Å². The summed E-state index contributed by atoms with van der Waals surface area (Å²) in [5.74, 6) is -0.121. The summed E-state index contributed by atoms with van der Waals surface area (Å²) >= 11 is 0. The lowest BCUT2D eigenvalue weighted by Crippen LogP contribution is -2.18. The first kappa shape index (κ1) is 17.7. The fourth-order valence-corrected chi connectivity index (χ4v) is 2.76. The molecule has 1 heterocycles. The predicted octanol–water partition coefficient (Wildman–Crippen LogP) is 4.83. The molecule has 1 atom stereocenters. The lowest BCUT2D eigenvalue weighted by Gasteiger charge is -2.23. The average Bonchev–Trinajstić information content (AvgIpc) is 3.13. The average molecular weight is 359 g/mol. The molecule has 0 aliphatic rings. The third kappa shape index (κ3) is 3.77. The van der Waals surface area contributed by atoms with Gasteiger partial charge in [0.25, 0.3) is 0 Å². The first-order valence-corrected chi connectivity index (χ1v) is 7.88. The quantitative estimate of drug-likeness (QED) is 0.642. The van der Waals surface area contributed by atoms with Crippen molar-refractivity contribution < 1.29 is 18.0 Å². The molecule has 4 nitrogen and oxygen atoms in total. The molecular formula is C19H16F3N3O. The van der Waals surface area contributed by atoms with Crippen LogP contribution in [0, 0.1) is 0 Å². The van der Waals surface area contributed by atoms with Gasteiger partial charge in [0.15, 0.2) is 5.78 Å². The van der Waals surface area contributed by atoms with E-state index in [-0.39, 0.29) is 11.3 Å². The standard InChI is InChI=1S/C19H16F3N3O/c1-12(26)13-5-4-6-15(9-13)25-18(14-10-23-24-11-14)16-7-2-3-8-17(16)19(20,21)22/h2-11,18,25H,1H3,(H,23,24). The van der Waals surface area contributed by atoms with Gasteiger partial charge in [-0.2, -0.15) is 18.3 Å². The van der Waals surface area contributed by atoms with Crippen molar-refractivity contribution in [3.05, 3.63) is 83.2 Å². The molecule has 2 aromatic carbocycles. The number of alkyl halides is 3. The number of aromatic amines is 1. The smallest absolute Gasteiger partial charge is 0.374 e. The Balaban J connectivity index is 2.06. The van der Waals surface area contributed by atoms with Gasteiger partial charge in [0.1, 0.15) is 0 Å². The van der Waals surface area contributed by atoms with Crippen molar-refractivity contribution in [2.24, 2.45) is 0 Å². The van der Waals surface area contributed by atoms with E-state index in [1.807, 2.05) is 0 Å². The normalized spacial score (nSPS) is 12.6. The number of ketones is 1. The number of anilines is 1. The third-order valence-corrected chi connectivity index (χ3v) is 4.01. The molecule has 134 valence electrons. The van der Waals surface area contributed by atoms with Gasteiger partial charge in [-0.25, -0.2) is 0 Å². The summed E-state index contributed by atoms with van der Waals surface area (Å²) in [5.41, 5.74) is 0.928. The number of hydrogen-bond donors (Lipinski definition) is 2. The van der Waals surface area contributed by atoms with Crippen molar-refractivity contribution in [3.8, 4) is 0 Å². The van der Waals surface area contributed by atoms with E-state index in [4.69, 9.17) is 0 Å². The van der Waals surface area contributed by atoms with E-state index in [0.29, 0.717) is 16.8 Å². The van der Waals surface area contributed by atoms with Crippen LogP contribution in [0.15, 0.2) is 60.9 Å². The number of carbonyl (C=O) groups excluding carboxylic acids is 1. The van der Waals surface area contributed by atoms with Crippen LogP contribution in [0.1, 0.15) is 40.0 Å². The van der Waals surface area contributed by atoms with Crippen molar-refractivity contribution in [2.45, 2.75) is 19.1 Å². The van der Waals surface area contributed by atoms with Crippen molar-refractivity contribution in [2.75, 3.05) is 5.32 Å². The summed E-state index contributed by atoms with van der Waals surface area (Å²) in [6.45, 7) is 1.44. The first-order chi connectivity index (χ1) is 12.4. The van der Waals surface area contributed by atoms with Gasteiger partial charge in [0, 0.05) is 23.0 Å². The molecule has 0 aliphatic carbocycles. The fraction of sp³-hybridized carbons (Fsp3) is 0.158. The molecule has 26 heavy (non-hydrogen) atoms. The zero-order valence-electron chi connectivity index (χ0n) is 13.8. The van der Waals surface area contributed by atoms with Crippen LogP contribution in [-0.2, 0) is 6.18 Å². The van der Waals surface area contributed by atoms with Crippen LogP contribution in [0.2, 0.25) is 0 Å². The Morgan fingerprint density at radius 1 is 1.15 bits per heavy atom. The second-order valence-corrected chi connectivity index (χ2v) is 5.83. The van der Waals surface area contributed by atoms with Crippen LogP contribution in [0.5, 0.6) is 0 Å². The number of nitrogens with zero attached hydrogens (tertiary/aromatic N) is 1. The Hall–Kier alpha value is -3.09. The Kier molecular flexibility index (Phi) is 4.79. The maximum atomic E-state index is 13.5. The number of aromatic nitrogens is 2. The van der Waals surface area contributed by atoms with Crippen LogP contribution in [0.25, 0.3) is 0 Å². The number of H-pyrrole nitrogens is 1. The van der Waals surface area contributed by atoms with Gasteiger partial charge in [-0.3, -0.25) is 9.89 Å². The van der Waals surface area contributed by atoms with Gasteiger partial charge >= 0.3 is 6.18 Å². The number of hydrogen-bond acceptors (Lipinski definition) is 3. The lowest BCUT2D eigenvalue weighted by molar-refractivity contribution is -0.138. The number of halogens is 3. The summed E-state index contributed by atoms with van der Waals surface area (Å²) in [6.07, 6.45) is -1.47. The zero-order chi connectivity index (χ0) is 18.7. The summed E-state index contributed by atoms with van der Waals surface area (Å²) < 4.78 is 40.4. The molecule has 1 unspecified atom stereocenters. The Labute approximate surface area is 148 Å². The van der Waals surface area contributed by atoms with Crippen molar-refractivity contribution >= 4 is 11.5 Å². The Morgan fingerprint density at radius 2 is 1.92 bits per heavy atom.